The molecule has 3 rings (SSSR count). The lowest BCUT2D eigenvalue weighted by Gasteiger charge is -2.37. The van der Waals surface area contributed by atoms with Crippen LogP contribution in [0.4, 0.5) is 13.6 Å². The second-order valence-electron chi connectivity index (χ2n) is 9.55. The van der Waals surface area contributed by atoms with Crippen molar-refractivity contribution in [2.24, 2.45) is 0 Å². The quantitative estimate of drug-likeness (QED) is 0.698. The molecule has 9 heteroatoms. The fourth-order valence-electron chi connectivity index (χ4n) is 3.94. The molecule has 0 saturated carbocycles. The maximum atomic E-state index is 13.5. The van der Waals surface area contributed by atoms with Crippen molar-refractivity contribution in [3.8, 4) is 0 Å². The van der Waals surface area contributed by atoms with E-state index in [9.17, 15) is 23.2 Å². The Hall–Kier alpha value is -3.49. The monoisotopic (exact) mass is 487 g/mol. The van der Waals surface area contributed by atoms with Crippen LogP contribution in [0.15, 0.2) is 48.5 Å². The maximum Gasteiger partial charge on any atom is 0.408 e. The van der Waals surface area contributed by atoms with Crippen molar-refractivity contribution in [2.45, 2.75) is 45.3 Å². The highest BCUT2D eigenvalue weighted by molar-refractivity contribution is 5.88. The van der Waals surface area contributed by atoms with Crippen molar-refractivity contribution in [1.82, 2.24) is 15.1 Å². The van der Waals surface area contributed by atoms with Gasteiger partial charge >= 0.3 is 6.09 Å². The zero-order valence-electron chi connectivity index (χ0n) is 20.4. The van der Waals surface area contributed by atoms with Crippen LogP contribution in [0.2, 0.25) is 0 Å². The number of nitrogens with one attached hydrogen (secondary N) is 1. The highest BCUT2D eigenvalue weighted by atomic mass is 19.1. The van der Waals surface area contributed by atoms with E-state index in [4.69, 9.17) is 4.74 Å². The Morgan fingerprint density at radius 3 is 1.60 bits per heavy atom. The standard InChI is InChI=1S/C26H31F2N3O4/c1-17(29-25(34)35-26(2,3)4)23(32)30-13-15-31(16-14-30)24(33)22(18-5-9-20(27)10-6-18)19-7-11-21(28)12-8-19/h5-12,17,22H,13-16H2,1-4H3,(H,29,34)/t17-/m0/s1. The Bertz CT molecular complexity index is 998. The number of alkyl carbamates (subject to hydrolysis) is 1. The number of hydrogen-bond acceptors (Lipinski definition) is 4. The largest absolute Gasteiger partial charge is 0.444 e. The molecule has 0 unspecified atom stereocenters. The molecule has 0 aliphatic carbocycles. The van der Waals surface area contributed by atoms with Crippen LogP contribution in [-0.4, -0.2) is 65.5 Å². The maximum absolute atomic E-state index is 13.5. The molecule has 1 saturated heterocycles. The van der Waals surface area contributed by atoms with Gasteiger partial charge in [0, 0.05) is 26.2 Å². The summed E-state index contributed by atoms with van der Waals surface area (Å²) in [6, 6.07) is 10.6. The number of carbonyl (C=O) groups excluding carboxylic acids is 3. The first-order chi connectivity index (χ1) is 16.4. The molecule has 7 nitrogen and oxygen atoms in total. The highest BCUT2D eigenvalue weighted by Gasteiger charge is 2.32. The minimum Gasteiger partial charge on any atom is -0.444 e. The van der Waals surface area contributed by atoms with Crippen molar-refractivity contribution in [3.63, 3.8) is 0 Å². The summed E-state index contributed by atoms with van der Waals surface area (Å²) in [7, 11) is 0. The van der Waals surface area contributed by atoms with E-state index in [2.05, 4.69) is 5.32 Å². The van der Waals surface area contributed by atoms with E-state index in [1.165, 1.54) is 24.3 Å². The molecule has 1 aliphatic rings. The first-order valence-corrected chi connectivity index (χ1v) is 11.5. The van der Waals surface area contributed by atoms with Crippen LogP contribution in [0.25, 0.3) is 0 Å². The summed E-state index contributed by atoms with van der Waals surface area (Å²) in [6.45, 7) is 7.98. The van der Waals surface area contributed by atoms with Crippen LogP contribution in [0.1, 0.15) is 44.7 Å². The molecule has 188 valence electrons. The van der Waals surface area contributed by atoms with Gasteiger partial charge in [-0.3, -0.25) is 9.59 Å². The highest BCUT2D eigenvalue weighted by Crippen LogP contribution is 2.28. The number of halogens is 2. The molecule has 3 amide bonds. The molecule has 1 heterocycles. The molecule has 0 bridgehead atoms. The summed E-state index contributed by atoms with van der Waals surface area (Å²) in [4.78, 5) is 41.5. The van der Waals surface area contributed by atoms with E-state index in [-0.39, 0.29) is 11.8 Å². The molecule has 1 atom stereocenters. The van der Waals surface area contributed by atoms with E-state index in [1.807, 2.05) is 0 Å². The van der Waals surface area contributed by atoms with E-state index < -0.39 is 35.3 Å². The fourth-order valence-corrected chi connectivity index (χ4v) is 3.94. The Morgan fingerprint density at radius 2 is 1.20 bits per heavy atom. The Kier molecular flexibility index (Phi) is 8.09. The molecule has 1 aliphatic heterocycles. The number of rotatable bonds is 5. The summed E-state index contributed by atoms with van der Waals surface area (Å²) in [5.74, 6) is -2.04. The summed E-state index contributed by atoms with van der Waals surface area (Å²) >= 11 is 0. The number of piperazine rings is 1. The lowest BCUT2D eigenvalue weighted by molar-refractivity contribution is -0.140. The average molecular weight is 488 g/mol. The topological polar surface area (TPSA) is 79.0 Å². The van der Waals surface area contributed by atoms with Crippen molar-refractivity contribution < 1.29 is 27.9 Å². The molecular weight excluding hydrogens is 456 g/mol. The van der Waals surface area contributed by atoms with Gasteiger partial charge in [0.15, 0.2) is 0 Å². The van der Waals surface area contributed by atoms with Crippen LogP contribution in [0, 0.1) is 11.6 Å². The number of ether oxygens (including phenoxy) is 1. The lowest BCUT2D eigenvalue weighted by Crippen LogP contribution is -2.56. The predicted octanol–water partition coefficient (Wildman–Crippen LogP) is 3.68. The van der Waals surface area contributed by atoms with E-state index in [0.717, 1.165) is 0 Å². The van der Waals surface area contributed by atoms with E-state index in [0.29, 0.717) is 37.3 Å². The number of benzene rings is 2. The Morgan fingerprint density at radius 1 is 0.800 bits per heavy atom. The van der Waals surface area contributed by atoms with E-state index >= 15 is 0 Å². The molecule has 35 heavy (non-hydrogen) atoms. The Labute approximate surface area is 204 Å². The molecule has 2 aromatic rings. The summed E-state index contributed by atoms with van der Waals surface area (Å²) in [5, 5.41) is 2.54. The van der Waals surface area contributed by atoms with Crippen molar-refractivity contribution in [3.05, 3.63) is 71.3 Å². The van der Waals surface area contributed by atoms with Crippen LogP contribution in [-0.2, 0) is 14.3 Å². The van der Waals surface area contributed by atoms with E-state index in [1.54, 1.807) is 61.8 Å². The van der Waals surface area contributed by atoms with Crippen LogP contribution in [0.5, 0.6) is 0 Å². The summed E-state index contributed by atoms with van der Waals surface area (Å²) in [5.41, 5.74) is 0.512. The molecule has 1 fully saturated rings. The Balaban J connectivity index is 1.67. The van der Waals surface area contributed by atoms with Gasteiger partial charge in [0.2, 0.25) is 11.8 Å². The summed E-state index contributed by atoms with van der Waals surface area (Å²) in [6.07, 6.45) is -0.673. The second kappa shape index (κ2) is 10.8. The number of carbonyl (C=O) groups is 3. The third-order valence-corrected chi connectivity index (χ3v) is 5.66. The molecule has 0 radical (unpaired) electrons. The lowest BCUT2D eigenvalue weighted by atomic mass is 9.89. The van der Waals surface area contributed by atoms with Gasteiger partial charge in [-0.05, 0) is 63.1 Å². The third-order valence-electron chi connectivity index (χ3n) is 5.66. The van der Waals surface area contributed by atoms with Crippen molar-refractivity contribution in [1.29, 1.82) is 0 Å². The zero-order valence-corrected chi connectivity index (χ0v) is 20.4. The zero-order chi connectivity index (χ0) is 25.8. The SMILES string of the molecule is C[C@H](NC(=O)OC(C)(C)C)C(=O)N1CCN(C(=O)C(c2ccc(F)cc2)c2ccc(F)cc2)CC1. The van der Waals surface area contributed by atoms with Gasteiger partial charge < -0.3 is 19.9 Å². The van der Waals surface area contributed by atoms with Gasteiger partial charge in [0.1, 0.15) is 23.3 Å². The molecule has 1 N–H and O–H groups in total. The molecule has 0 spiro atoms. The van der Waals surface area contributed by atoms with Crippen molar-refractivity contribution in [2.75, 3.05) is 26.2 Å². The smallest absolute Gasteiger partial charge is 0.408 e. The number of amides is 3. The first kappa shape index (κ1) is 26.1. The van der Waals surface area contributed by atoms with Gasteiger partial charge in [-0.2, -0.15) is 0 Å². The average Bonchev–Trinajstić information content (AvgIpc) is 2.80. The van der Waals surface area contributed by atoms with Crippen LogP contribution >= 0.6 is 0 Å². The number of hydrogen-bond donors (Lipinski definition) is 1. The normalized spacial score (nSPS) is 15.1. The minimum absolute atomic E-state index is 0.213. The molecule has 0 aromatic heterocycles. The number of nitrogens with zero attached hydrogens (tertiary/aromatic N) is 2. The second-order valence-corrected chi connectivity index (χ2v) is 9.55. The molecule has 2 aromatic carbocycles. The van der Waals surface area contributed by atoms with Gasteiger partial charge in [-0.1, -0.05) is 24.3 Å². The van der Waals surface area contributed by atoms with Gasteiger partial charge in [-0.25, -0.2) is 13.6 Å². The van der Waals surface area contributed by atoms with Gasteiger partial charge in [-0.15, -0.1) is 0 Å². The van der Waals surface area contributed by atoms with Crippen LogP contribution < -0.4 is 5.32 Å². The van der Waals surface area contributed by atoms with Crippen LogP contribution in [0.3, 0.4) is 0 Å². The predicted molar refractivity (Wildman–Crippen MR) is 127 cm³/mol. The molecular formula is C26H31F2N3O4. The minimum atomic E-state index is -0.779. The van der Waals surface area contributed by atoms with Gasteiger partial charge in [0.05, 0.1) is 5.92 Å². The summed E-state index contributed by atoms with van der Waals surface area (Å²) < 4.78 is 32.2. The fraction of sp³-hybridized carbons (Fsp3) is 0.423. The first-order valence-electron chi connectivity index (χ1n) is 11.5. The van der Waals surface area contributed by atoms with Gasteiger partial charge in [0.25, 0.3) is 0 Å². The van der Waals surface area contributed by atoms with Crippen molar-refractivity contribution >= 4 is 17.9 Å². The third kappa shape index (κ3) is 7.00.